The molecule has 0 aliphatic carbocycles. The fourth-order valence-electron chi connectivity index (χ4n) is 1.20. The summed E-state index contributed by atoms with van der Waals surface area (Å²) >= 11 is 0. The Morgan fingerprint density at radius 1 is 1.20 bits per heavy atom. The van der Waals surface area contributed by atoms with Crippen LogP contribution in [0.25, 0.3) is 11.6 Å². The Kier molecular flexibility index (Phi) is 2.29. The minimum atomic E-state index is -0.193. The molecule has 1 N–H and O–H groups in total. The fraction of sp³-hybridized carbons (Fsp3) is 0.200. The monoisotopic (exact) mass is 202 g/mol. The van der Waals surface area contributed by atoms with E-state index in [2.05, 4.69) is 19.9 Å². The zero-order valence-corrected chi connectivity index (χ0v) is 8.48. The Morgan fingerprint density at radius 2 is 1.87 bits per heavy atom. The highest BCUT2D eigenvalue weighted by atomic mass is 16.1. The first-order valence-corrected chi connectivity index (χ1v) is 4.52. The topological polar surface area (TPSA) is 71.5 Å². The molecule has 2 rings (SSSR count). The molecule has 0 saturated carbocycles. The average Bonchev–Trinajstić information content (AvgIpc) is 2.17. The van der Waals surface area contributed by atoms with Gasteiger partial charge >= 0.3 is 0 Å². The zero-order chi connectivity index (χ0) is 10.8. The Labute approximate surface area is 86.3 Å². The standard InChI is InChI=1S/C10H10N4O/c1-6-4-11-9(12-5-6)10-13-7(2)3-8(15)14-10/h3-5H,1-2H3,(H,13,14,15). The van der Waals surface area contributed by atoms with Gasteiger partial charge in [-0.15, -0.1) is 0 Å². The van der Waals surface area contributed by atoms with Crippen molar-refractivity contribution in [3.8, 4) is 11.6 Å². The summed E-state index contributed by atoms with van der Waals surface area (Å²) in [5.74, 6) is 0.835. The highest BCUT2D eigenvalue weighted by molar-refractivity contribution is 5.42. The molecule has 0 saturated heterocycles. The number of H-pyrrole nitrogens is 1. The second-order valence-corrected chi connectivity index (χ2v) is 3.32. The van der Waals surface area contributed by atoms with Crippen LogP contribution in [0.2, 0.25) is 0 Å². The van der Waals surface area contributed by atoms with Gasteiger partial charge in [0, 0.05) is 24.2 Å². The maximum absolute atomic E-state index is 11.2. The van der Waals surface area contributed by atoms with Crippen molar-refractivity contribution >= 4 is 0 Å². The van der Waals surface area contributed by atoms with E-state index in [-0.39, 0.29) is 5.56 Å². The van der Waals surface area contributed by atoms with Gasteiger partial charge in [0.1, 0.15) is 0 Å². The van der Waals surface area contributed by atoms with Crippen LogP contribution in [0.1, 0.15) is 11.3 Å². The summed E-state index contributed by atoms with van der Waals surface area (Å²) in [6.45, 7) is 3.66. The summed E-state index contributed by atoms with van der Waals surface area (Å²) in [4.78, 5) is 26.1. The van der Waals surface area contributed by atoms with Crippen LogP contribution in [0, 0.1) is 13.8 Å². The first-order valence-electron chi connectivity index (χ1n) is 4.52. The molecule has 0 unspecified atom stereocenters. The molecule has 0 aliphatic heterocycles. The van der Waals surface area contributed by atoms with Crippen molar-refractivity contribution in [2.45, 2.75) is 13.8 Å². The van der Waals surface area contributed by atoms with Crippen molar-refractivity contribution in [3.05, 3.63) is 40.1 Å². The maximum Gasteiger partial charge on any atom is 0.251 e. The second kappa shape index (κ2) is 3.61. The van der Waals surface area contributed by atoms with Gasteiger partial charge in [0.25, 0.3) is 5.56 Å². The Bertz CT molecular complexity index is 530. The van der Waals surface area contributed by atoms with Crippen LogP contribution in [0.5, 0.6) is 0 Å². The number of aromatic nitrogens is 4. The summed E-state index contributed by atoms with van der Waals surface area (Å²) in [6.07, 6.45) is 3.37. The quantitative estimate of drug-likeness (QED) is 0.743. The lowest BCUT2D eigenvalue weighted by molar-refractivity contribution is 1.02. The maximum atomic E-state index is 11.2. The fourth-order valence-corrected chi connectivity index (χ4v) is 1.20. The lowest BCUT2D eigenvalue weighted by Crippen LogP contribution is -2.09. The number of aromatic amines is 1. The van der Waals surface area contributed by atoms with Crippen LogP contribution >= 0.6 is 0 Å². The zero-order valence-electron chi connectivity index (χ0n) is 8.48. The average molecular weight is 202 g/mol. The van der Waals surface area contributed by atoms with E-state index in [9.17, 15) is 4.79 Å². The summed E-state index contributed by atoms with van der Waals surface area (Å²) < 4.78 is 0. The molecule has 15 heavy (non-hydrogen) atoms. The number of hydrogen-bond acceptors (Lipinski definition) is 4. The third-order valence-corrected chi connectivity index (χ3v) is 1.86. The molecule has 0 radical (unpaired) electrons. The SMILES string of the molecule is Cc1cnc(-c2nc(C)cc(=O)[nH]2)nc1. The van der Waals surface area contributed by atoms with E-state index >= 15 is 0 Å². The van der Waals surface area contributed by atoms with Crippen molar-refractivity contribution < 1.29 is 0 Å². The van der Waals surface area contributed by atoms with E-state index < -0.39 is 0 Å². The summed E-state index contributed by atoms with van der Waals surface area (Å²) in [5.41, 5.74) is 1.42. The molecular weight excluding hydrogens is 192 g/mol. The van der Waals surface area contributed by atoms with Crippen molar-refractivity contribution in [1.29, 1.82) is 0 Å². The molecule has 5 nitrogen and oxygen atoms in total. The van der Waals surface area contributed by atoms with Crippen LogP contribution in [0.4, 0.5) is 0 Å². The van der Waals surface area contributed by atoms with Gasteiger partial charge in [-0.2, -0.15) is 0 Å². The van der Waals surface area contributed by atoms with Crippen molar-refractivity contribution in [3.63, 3.8) is 0 Å². The van der Waals surface area contributed by atoms with Crippen LogP contribution in [-0.4, -0.2) is 19.9 Å². The van der Waals surface area contributed by atoms with Gasteiger partial charge in [-0.3, -0.25) is 4.79 Å². The first-order chi connectivity index (χ1) is 7.15. The Hall–Kier alpha value is -2.04. The van der Waals surface area contributed by atoms with E-state index in [0.29, 0.717) is 17.3 Å². The second-order valence-electron chi connectivity index (χ2n) is 3.32. The molecule has 0 amide bonds. The molecule has 76 valence electrons. The molecule has 0 bridgehead atoms. The number of aryl methyl sites for hydroxylation is 2. The molecule has 0 aromatic carbocycles. The van der Waals surface area contributed by atoms with E-state index in [0.717, 1.165) is 5.56 Å². The van der Waals surface area contributed by atoms with Gasteiger partial charge < -0.3 is 4.98 Å². The summed E-state index contributed by atoms with van der Waals surface area (Å²) in [6, 6.07) is 1.43. The van der Waals surface area contributed by atoms with Gasteiger partial charge in [-0.05, 0) is 19.4 Å². The minimum Gasteiger partial charge on any atom is -0.304 e. The van der Waals surface area contributed by atoms with E-state index in [1.165, 1.54) is 6.07 Å². The third kappa shape index (κ3) is 2.07. The van der Waals surface area contributed by atoms with Crippen LogP contribution in [-0.2, 0) is 0 Å². The number of hydrogen-bond donors (Lipinski definition) is 1. The Morgan fingerprint density at radius 3 is 2.47 bits per heavy atom. The van der Waals surface area contributed by atoms with Gasteiger partial charge in [0.05, 0.1) is 0 Å². The van der Waals surface area contributed by atoms with E-state index in [1.54, 1.807) is 19.3 Å². The normalized spacial score (nSPS) is 10.3. The smallest absolute Gasteiger partial charge is 0.251 e. The van der Waals surface area contributed by atoms with E-state index in [4.69, 9.17) is 0 Å². The van der Waals surface area contributed by atoms with Crippen molar-refractivity contribution in [2.24, 2.45) is 0 Å². The molecular formula is C10H10N4O. The highest BCUT2D eigenvalue weighted by Gasteiger charge is 2.03. The predicted octanol–water partition coefficient (Wildman–Crippen LogP) is 0.844. The van der Waals surface area contributed by atoms with Gasteiger partial charge in [-0.1, -0.05) is 0 Å². The van der Waals surface area contributed by atoms with Crippen LogP contribution in [0.15, 0.2) is 23.3 Å². The molecule has 0 aliphatic rings. The number of rotatable bonds is 1. The van der Waals surface area contributed by atoms with Gasteiger partial charge in [0.2, 0.25) is 0 Å². The van der Waals surface area contributed by atoms with Gasteiger partial charge in [-0.25, -0.2) is 15.0 Å². The number of nitrogens with one attached hydrogen (secondary N) is 1. The first kappa shape index (κ1) is 9.51. The van der Waals surface area contributed by atoms with Crippen LogP contribution in [0.3, 0.4) is 0 Å². The molecule has 2 aromatic heterocycles. The molecule has 2 heterocycles. The number of nitrogens with zero attached hydrogens (tertiary/aromatic N) is 3. The van der Waals surface area contributed by atoms with Crippen LogP contribution < -0.4 is 5.56 Å². The van der Waals surface area contributed by atoms with Gasteiger partial charge in [0.15, 0.2) is 11.6 Å². The molecule has 2 aromatic rings. The summed E-state index contributed by atoms with van der Waals surface area (Å²) in [5, 5.41) is 0. The molecule has 0 atom stereocenters. The molecule has 0 fully saturated rings. The predicted molar refractivity (Wildman–Crippen MR) is 55.4 cm³/mol. The lowest BCUT2D eigenvalue weighted by Gasteiger charge is -1.99. The Balaban J connectivity index is 2.54. The summed E-state index contributed by atoms with van der Waals surface area (Å²) in [7, 11) is 0. The highest BCUT2D eigenvalue weighted by Crippen LogP contribution is 2.06. The van der Waals surface area contributed by atoms with Crippen molar-refractivity contribution in [2.75, 3.05) is 0 Å². The third-order valence-electron chi connectivity index (χ3n) is 1.86. The van der Waals surface area contributed by atoms with Crippen molar-refractivity contribution in [1.82, 2.24) is 19.9 Å². The van der Waals surface area contributed by atoms with E-state index in [1.807, 2.05) is 6.92 Å². The largest absolute Gasteiger partial charge is 0.304 e. The minimum absolute atomic E-state index is 0.193. The lowest BCUT2D eigenvalue weighted by atomic mass is 10.4. The molecule has 5 heteroatoms. The molecule has 0 spiro atoms.